The van der Waals surface area contributed by atoms with Gasteiger partial charge in [0.1, 0.15) is 11.8 Å². The number of carbonyl (C=O) groups excluding carboxylic acids is 1. The van der Waals surface area contributed by atoms with E-state index < -0.39 is 18.0 Å². The monoisotopic (exact) mass is 264 g/mol. The molecule has 3 N–H and O–H groups in total. The van der Waals surface area contributed by atoms with Crippen LogP contribution >= 0.6 is 0 Å². The second kappa shape index (κ2) is 7.05. The normalized spacial score (nSPS) is 11.2. The van der Waals surface area contributed by atoms with E-state index in [4.69, 9.17) is 9.84 Å². The van der Waals surface area contributed by atoms with Crippen LogP contribution in [-0.2, 0) is 4.79 Å². The molecule has 0 spiro atoms. The zero-order valence-corrected chi connectivity index (χ0v) is 10.6. The molecule has 6 heteroatoms. The molecule has 1 rings (SSSR count). The number of aliphatic carboxylic acids is 1. The van der Waals surface area contributed by atoms with Gasteiger partial charge in [-0.2, -0.15) is 0 Å². The lowest BCUT2D eigenvalue weighted by Crippen LogP contribution is -2.42. The molecule has 0 radical (unpaired) electrons. The third-order valence-corrected chi connectivity index (χ3v) is 2.33. The number of hydrogen-bond donors (Lipinski definition) is 3. The second-order valence-electron chi connectivity index (χ2n) is 3.75. The molecule has 0 aliphatic rings. The van der Waals surface area contributed by atoms with Crippen molar-refractivity contribution in [3.05, 3.63) is 36.9 Å². The molecule has 6 nitrogen and oxygen atoms in total. The Kier molecular flexibility index (Phi) is 5.40. The molecule has 0 saturated carbocycles. The maximum Gasteiger partial charge on any atom is 0.326 e. The Bertz CT molecular complexity index is 473. The first-order valence-electron chi connectivity index (χ1n) is 5.62. The minimum absolute atomic E-state index is 0.154. The van der Waals surface area contributed by atoms with E-state index in [-0.39, 0.29) is 6.42 Å². The fourth-order valence-electron chi connectivity index (χ4n) is 1.41. The van der Waals surface area contributed by atoms with E-state index in [0.29, 0.717) is 11.4 Å². The average molecular weight is 264 g/mol. The first-order chi connectivity index (χ1) is 9.06. The number of hydrogen-bond acceptors (Lipinski definition) is 3. The standard InChI is InChI=1S/C13H16N2O4/c1-3-5-11(12(16)17)15-13(18)14-9-6-4-7-10(8-9)19-2/h3-4,6-8,11H,1,5H2,2H3,(H,16,17)(H2,14,15,18). The van der Waals surface area contributed by atoms with Crippen molar-refractivity contribution in [1.29, 1.82) is 0 Å². The smallest absolute Gasteiger partial charge is 0.326 e. The van der Waals surface area contributed by atoms with Crippen LogP contribution < -0.4 is 15.4 Å². The van der Waals surface area contributed by atoms with E-state index in [9.17, 15) is 9.59 Å². The molecule has 1 aromatic rings. The number of anilines is 1. The largest absolute Gasteiger partial charge is 0.497 e. The van der Waals surface area contributed by atoms with Gasteiger partial charge in [-0.3, -0.25) is 0 Å². The predicted molar refractivity (Wildman–Crippen MR) is 71.4 cm³/mol. The molecule has 19 heavy (non-hydrogen) atoms. The summed E-state index contributed by atoms with van der Waals surface area (Å²) >= 11 is 0. The fraction of sp³-hybridized carbons (Fsp3) is 0.231. The molecule has 0 fully saturated rings. The highest BCUT2D eigenvalue weighted by molar-refractivity contribution is 5.92. The average Bonchev–Trinajstić information content (AvgIpc) is 2.38. The highest BCUT2D eigenvalue weighted by Gasteiger charge is 2.18. The number of amides is 2. The van der Waals surface area contributed by atoms with Gasteiger partial charge in [0.25, 0.3) is 0 Å². The summed E-state index contributed by atoms with van der Waals surface area (Å²) in [5.74, 6) is -0.514. The summed E-state index contributed by atoms with van der Waals surface area (Å²) in [7, 11) is 1.52. The number of urea groups is 1. The second-order valence-corrected chi connectivity index (χ2v) is 3.75. The number of nitrogens with one attached hydrogen (secondary N) is 2. The molecular formula is C13H16N2O4. The van der Waals surface area contributed by atoms with Gasteiger partial charge in [0.15, 0.2) is 0 Å². The van der Waals surface area contributed by atoms with Gasteiger partial charge >= 0.3 is 12.0 Å². The molecule has 0 aliphatic heterocycles. The Balaban J connectivity index is 2.63. The maximum atomic E-state index is 11.6. The number of benzene rings is 1. The summed E-state index contributed by atoms with van der Waals surface area (Å²) in [6, 6.07) is 5.16. The Morgan fingerprint density at radius 1 is 1.53 bits per heavy atom. The van der Waals surface area contributed by atoms with Gasteiger partial charge in [-0.05, 0) is 18.6 Å². The van der Waals surface area contributed by atoms with Crippen molar-refractivity contribution in [1.82, 2.24) is 5.32 Å². The summed E-state index contributed by atoms with van der Waals surface area (Å²) in [6.45, 7) is 3.45. The topological polar surface area (TPSA) is 87.7 Å². The van der Waals surface area contributed by atoms with Crippen LogP contribution in [0.3, 0.4) is 0 Å². The van der Waals surface area contributed by atoms with Crippen molar-refractivity contribution in [3.8, 4) is 5.75 Å². The molecular weight excluding hydrogens is 248 g/mol. The van der Waals surface area contributed by atoms with E-state index in [1.54, 1.807) is 24.3 Å². The van der Waals surface area contributed by atoms with Gasteiger partial charge in [-0.25, -0.2) is 9.59 Å². The summed E-state index contributed by atoms with van der Waals surface area (Å²) in [4.78, 5) is 22.5. The number of rotatable bonds is 6. The minimum atomic E-state index is -1.11. The van der Waals surface area contributed by atoms with Gasteiger partial charge in [0.2, 0.25) is 0 Å². The van der Waals surface area contributed by atoms with Gasteiger partial charge in [0, 0.05) is 11.8 Å². The van der Waals surface area contributed by atoms with Crippen LogP contribution in [0.1, 0.15) is 6.42 Å². The Morgan fingerprint density at radius 2 is 2.26 bits per heavy atom. The molecule has 1 atom stereocenters. The number of ether oxygens (including phenoxy) is 1. The van der Waals surface area contributed by atoms with Crippen molar-refractivity contribution in [2.45, 2.75) is 12.5 Å². The predicted octanol–water partition coefficient (Wildman–Crippen LogP) is 1.85. The SMILES string of the molecule is C=CCC(NC(=O)Nc1cccc(OC)c1)C(=O)O. The van der Waals surface area contributed by atoms with Gasteiger partial charge < -0.3 is 20.5 Å². The van der Waals surface area contributed by atoms with E-state index in [2.05, 4.69) is 17.2 Å². The summed E-state index contributed by atoms with van der Waals surface area (Å²) in [5.41, 5.74) is 0.514. The van der Waals surface area contributed by atoms with Crippen LogP contribution in [0.4, 0.5) is 10.5 Å². The first kappa shape index (κ1) is 14.6. The fourth-order valence-corrected chi connectivity index (χ4v) is 1.41. The van der Waals surface area contributed by atoms with E-state index >= 15 is 0 Å². The van der Waals surface area contributed by atoms with Crippen molar-refractivity contribution in [2.75, 3.05) is 12.4 Å². The minimum Gasteiger partial charge on any atom is -0.497 e. The molecule has 102 valence electrons. The van der Waals surface area contributed by atoms with Gasteiger partial charge in [0.05, 0.1) is 7.11 Å². The van der Waals surface area contributed by atoms with Crippen molar-refractivity contribution >= 4 is 17.7 Å². The van der Waals surface area contributed by atoms with Crippen LogP contribution in [0.2, 0.25) is 0 Å². The van der Waals surface area contributed by atoms with Gasteiger partial charge in [-0.1, -0.05) is 12.1 Å². The molecule has 0 bridgehead atoms. The molecule has 2 amide bonds. The maximum absolute atomic E-state index is 11.6. The zero-order valence-electron chi connectivity index (χ0n) is 10.6. The van der Waals surface area contributed by atoms with Crippen LogP contribution in [0.25, 0.3) is 0 Å². The Labute approximate surface area is 111 Å². The summed E-state index contributed by atoms with van der Waals surface area (Å²) < 4.78 is 5.02. The molecule has 1 aromatic carbocycles. The van der Waals surface area contributed by atoms with E-state index in [1.165, 1.54) is 13.2 Å². The van der Waals surface area contributed by atoms with E-state index in [0.717, 1.165) is 0 Å². The summed E-state index contributed by atoms with van der Waals surface area (Å²) in [5, 5.41) is 13.8. The molecule has 0 heterocycles. The quantitative estimate of drug-likeness (QED) is 0.684. The first-order valence-corrected chi connectivity index (χ1v) is 5.62. The third kappa shape index (κ3) is 4.71. The lowest BCUT2D eigenvalue weighted by atomic mass is 10.2. The van der Waals surface area contributed by atoms with Crippen LogP contribution in [0, 0.1) is 0 Å². The van der Waals surface area contributed by atoms with Gasteiger partial charge in [-0.15, -0.1) is 6.58 Å². The number of carboxylic acid groups (broad SMARTS) is 1. The number of carbonyl (C=O) groups is 2. The zero-order chi connectivity index (χ0) is 14.3. The lowest BCUT2D eigenvalue weighted by Gasteiger charge is -2.13. The lowest BCUT2D eigenvalue weighted by molar-refractivity contribution is -0.139. The number of methoxy groups -OCH3 is 1. The molecule has 0 saturated heterocycles. The van der Waals surface area contributed by atoms with Crippen LogP contribution in [-0.4, -0.2) is 30.3 Å². The Hall–Kier alpha value is -2.50. The van der Waals surface area contributed by atoms with Crippen LogP contribution in [0.15, 0.2) is 36.9 Å². The summed E-state index contributed by atoms with van der Waals surface area (Å²) in [6.07, 6.45) is 1.59. The molecule has 0 aromatic heterocycles. The van der Waals surface area contributed by atoms with E-state index in [1.807, 2.05) is 0 Å². The molecule has 0 aliphatic carbocycles. The van der Waals surface area contributed by atoms with Crippen molar-refractivity contribution < 1.29 is 19.4 Å². The third-order valence-electron chi connectivity index (χ3n) is 2.33. The van der Waals surface area contributed by atoms with Crippen molar-refractivity contribution in [3.63, 3.8) is 0 Å². The highest BCUT2D eigenvalue weighted by Crippen LogP contribution is 2.16. The Morgan fingerprint density at radius 3 is 2.84 bits per heavy atom. The number of carboxylic acids is 1. The molecule has 1 unspecified atom stereocenters. The highest BCUT2D eigenvalue weighted by atomic mass is 16.5. The van der Waals surface area contributed by atoms with Crippen LogP contribution in [0.5, 0.6) is 5.75 Å². The van der Waals surface area contributed by atoms with Crippen molar-refractivity contribution in [2.24, 2.45) is 0 Å².